The monoisotopic (exact) mass is 214 g/mol. The lowest BCUT2D eigenvalue weighted by atomic mass is 9.95. The standard InChI is InChI=1S/C11H22N2O2/c1-4-15-12-11(14)10-5-7-13(8-6-10)9(2)3/h9-10H,4-8H2,1-3H3,(H,12,14). The van der Waals surface area contributed by atoms with Crippen LogP contribution in [0.3, 0.4) is 0 Å². The van der Waals surface area contributed by atoms with E-state index in [4.69, 9.17) is 4.84 Å². The van der Waals surface area contributed by atoms with Crippen LogP contribution in [0.25, 0.3) is 0 Å². The molecule has 1 aliphatic rings. The fourth-order valence-electron chi connectivity index (χ4n) is 1.90. The zero-order chi connectivity index (χ0) is 11.3. The van der Waals surface area contributed by atoms with E-state index in [2.05, 4.69) is 24.2 Å². The zero-order valence-electron chi connectivity index (χ0n) is 9.95. The Hall–Kier alpha value is -0.610. The third-order valence-corrected chi connectivity index (χ3v) is 2.95. The minimum atomic E-state index is 0.0419. The molecule has 0 aliphatic carbocycles. The van der Waals surface area contributed by atoms with Crippen LogP contribution in [0.1, 0.15) is 33.6 Å². The summed E-state index contributed by atoms with van der Waals surface area (Å²) in [6.45, 7) is 8.81. The predicted molar refractivity (Wildman–Crippen MR) is 59.2 cm³/mol. The van der Waals surface area contributed by atoms with Gasteiger partial charge in [-0.25, -0.2) is 5.48 Å². The van der Waals surface area contributed by atoms with Crippen molar-refractivity contribution in [2.75, 3.05) is 19.7 Å². The molecular formula is C11H22N2O2. The molecule has 0 radical (unpaired) electrons. The van der Waals surface area contributed by atoms with Gasteiger partial charge in [-0.3, -0.25) is 9.63 Å². The number of likely N-dealkylation sites (tertiary alicyclic amines) is 1. The Morgan fingerprint density at radius 1 is 1.47 bits per heavy atom. The quantitative estimate of drug-likeness (QED) is 0.714. The van der Waals surface area contributed by atoms with Crippen molar-refractivity contribution in [1.82, 2.24) is 10.4 Å². The summed E-state index contributed by atoms with van der Waals surface area (Å²) in [5.41, 5.74) is 2.49. The molecule has 1 saturated heterocycles. The molecule has 0 atom stereocenters. The average molecular weight is 214 g/mol. The number of amides is 1. The first kappa shape index (κ1) is 12.5. The summed E-state index contributed by atoms with van der Waals surface area (Å²) in [5.74, 6) is 0.173. The van der Waals surface area contributed by atoms with Gasteiger partial charge in [0.25, 0.3) is 0 Å². The smallest absolute Gasteiger partial charge is 0.246 e. The van der Waals surface area contributed by atoms with Crippen LogP contribution in [-0.4, -0.2) is 36.5 Å². The summed E-state index contributed by atoms with van der Waals surface area (Å²) in [6.07, 6.45) is 1.88. The lowest BCUT2D eigenvalue weighted by molar-refractivity contribution is -0.139. The number of carbonyl (C=O) groups excluding carboxylic acids is 1. The van der Waals surface area contributed by atoms with E-state index in [1.807, 2.05) is 6.92 Å². The molecule has 4 nitrogen and oxygen atoms in total. The summed E-state index contributed by atoms with van der Waals surface area (Å²) in [7, 11) is 0. The van der Waals surface area contributed by atoms with Crippen molar-refractivity contribution < 1.29 is 9.63 Å². The fourth-order valence-corrected chi connectivity index (χ4v) is 1.90. The Bertz CT molecular complexity index is 199. The van der Waals surface area contributed by atoms with Gasteiger partial charge in [0.15, 0.2) is 0 Å². The molecule has 0 bridgehead atoms. The Labute approximate surface area is 91.9 Å². The van der Waals surface area contributed by atoms with Crippen molar-refractivity contribution in [3.05, 3.63) is 0 Å². The van der Waals surface area contributed by atoms with Crippen molar-refractivity contribution in [2.45, 2.75) is 39.7 Å². The van der Waals surface area contributed by atoms with E-state index in [-0.39, 0.29) is 11.8 Å². The van der Waals surface area contributed by atoms with Crippen molar-refractivity contribution in [3.63, 3.8) is 0 Å². The van der Waals surface area contributed by atoms with Crippen LogP contribution in [0.15, 0.2) is 0 Å². The third kappa shape index (κ3) is 3.80. The van der Waals surface area contributed by atoms with Crippen LogP contribution in [0, 0.1) is 5.92 Å². The van der Waals surface area contributed by atoms with E-state index in [0.29, 0.717) is 12.6 Å². The molecule has 0 aromatic heterocycles. The van der Waals surface area contributed by atoms with Gasteiger partial charge < -0.3 is 4.90 Å². The molecule has 15 heavy (non-hydrogen) atoms. The number of hydrogen-bond acceptors (Lipinski definition) is 3. The molecule has 1 heterocycles. The predicted octanol–water partition coefficient (Wildman–Crippen LogP) is 1.17. The number of nitrogens with one attached hydrogen (secondary N) is 1. The first-order chi connectivity index (χ1) is 7.15. The number of rotatable bonds is 4. The highest BCUT2D eigenvalue weighted by Gasteiger charge is 2.25. The number of hydrogen-bond donors (Lipinski definition) is 1. The van der Waals surface area contributed by atoms with Gasteiger partial charge in [0, 0.05) is 12.0 Å². The highest BCUT2D eigenvalue weighted by molar-refractivity contribution is 5.77. The molecule has 4 heteroatoms. The van der Waals surface area contributed by atoms with Gasteiger partial charge in [-0.1, -0.05) is 0 Å². The number of hydroxylamine groups is 1. The molecule has 1 rings (SSSR count). The second-order valence-corrected chi connectivity index (χ2v) is 4.30. The highest BCUT2D eigenvalue weighted by atomic mass is 16.6. The van der Waals surface area contributed by atoms with Crippen LogP contribution >= 0.6 is 0 Å². The minimum Gasteiger partial charge on any atom is -0.301 e. The van der Waals surface area contributed by atoms with Gasteiger partial charge >= 0.3 is 0 Å². The zero-order valence-corrected chi connectivity index (χ0v) is 9.95. The van der Waals surface area contributed by atoms with Gasteiger partial charge in [0.2, 0.25) is 5.91 Å². The van der Waals surface area contributed by atoms with Gasteiger partial charge in [-0.15, -0.1) is 0 Å². The summed E-state index contributed by atoms with van der Waals surface area (Å²) in [4.78, 5) is 18.9. The second-order valence-electron chi connectivity index (χ2n) is 4.30. The average Bonchev–Trinajstić information content (AvgIpc) is 2.26. The maximum Gasteiger partial charge on any atom is 0.246 e. The normalized spacial score (nSPS) is 19.5. The van der Waals surface area contributed by atoms with E-state index >= 15 is 0 Å². The molecule has 1 fully saturated rings. The van der Waals surface area contributed by atoms with Gasteiger partial charge in [0.1, 0.15) is 0 Å². The first-order valence-corrected chi connectivity index (χ1v) is 5.80. The molecule has 0 aromatic carbocycles. The van der Waals surface area contributed by atoms with Crippen LogP contribution in [0.5, 0.6) is 0 Å². The van der Waals surface area contributed by atoms with Crippen LogP contribution in [0.2, 0.25) is 0 Å². The third-order valence-electron chi connectivity index (χ3n) is 2.95. The van der Waals surface area contributed by atoms with E-state index in [1.54, 1.807) is 0 Å². The van der Waals surface area contributed by atoms with E-state index in [9.17, 15) is 4.79 Å². The van der Waals surface area contributed by atoms with E-state index in [1.165, 1.54) is 0 Å². The maximum atomic E-state index is 11.6. The van der Waals surface area contributed by atoms with E-state index < -0.39 is 0 Å². The van der Waals surface area contributed by atoms with Crippen LogP contribution in [0.4, 0.5) is 0 Å². The minimum absolute atomic E-state index is 0.0419. The molecule has 0 unspecified atom stereocenters. The van der Waals surface area contributed by atoms with Crippen molar-refractivity contribution >= 4 is 5.91 Å². The summed E-state index contributed by atoms with van der Waals surface area (Å²) >= 11 is 0. The molecule has 0 saturated carbocycles. The summed E-state index contributed by atoms with van der Waals surface area (Å²) in [5, 5.41) is 0. The Morgan fingerprint density at radius 2 is 2.07 bits per heavy atom. The van der Waals surface area contributed by atoms with Gasteiger partial charge in [-0.05, 0) is 46.7 Å². The summed E-state index contributed by atoms with van der Waals surface area (Å²) in [6, 6.07) is 0.584. The summed E-state index contributed by atoms with van der Waals surface area (Å²) < 4.78 is 0. The highest BCUT2D eigenvalue weighted by Crippen LogP contribution is 2.18. The molecule has 1 amide bonds. The largest absolute Gasteiger partial charge is 0.301 e. The van der Waals surface area contributed by atoms with Gasteiger partial charge in [-0.2, -0.15) is 0 Å². The lowest BCUT2D eigenvalue weighted by Crippen LogP contribution is -2.43. The molecule has 0 aromatic rings. The SMILES string of the molecule is CCONC(=O)C1CCN(C(C)C)CC1. The molecular weight excluding hydrogens is 192 g/mol. The second kappa shape index (κ2) is 6.08. The van der Waals surface area contributed by atoms with Crippen LogP contribution in [-0.2, 0) is 9.63 Å². The molecule has 88 valence electrons. The Balaban J connectivity index is 2.27. The molecule has 1 aliphatic heterocycles. The van der Waals surface area contributed by atoms with Crippen LogP contribution < -0.4 is 5.48 Å². The topological polar surface area (TPSA) is 41.6 Å². The molecule has 0 spiro atoms. The van der Waals surface area contributed by atoms with Crippen molar-refractivity contribution in [2.24, 2.45) is 5.92 Å². The number of carbonyl (C=O) groups is 1. The number of nitrogens with zero attached hydrogens (tertiary/aromatic N) is 1. The fraction of sp³-hybridized carbons (Fsp3) is 0.909. The Morgan fingerprint density at radius 3 is 2.53 bits per heavy atom. The first-order valence-electron chi connectivity index (χ1n) is 5.80. The molecule has 1 N–H and O–H groups in total. The Kier molecular flexibility index (Phi) is 5.05. The van der Waals surface area contributed by atoms with E-state index in [0.717, 1.165) is 25.9 Å². The maximum absolute atomic E-state index is 11.6. The number of piperidine rings is 1. The van der Waals surface area contributed by atoms with Crippen molar-refractivity contribution in [3.8, 4) is 0 Å². The van der Waals surface area contributed by atoms with Gasteiger partial charge in [0.05, 0.1) is 6.61 Å². The van der Waals surface area contributed by atoms with Crippen molar-refractivity contribution in [1.29, 1.82) is 0 Å². The lowest BCUT2D eigenvalue weighted by Gasteiger charge is -2.33.